The third-order valence-electron chi connectivity index (χ3n) is 4.48. The highest BCUT2D eigenvalue weighted by Gasteiger charge is 2.23. The van der Waals surface area contributed by atoms with Crippen LogP contribution in [0.25, 0.3) is 11.0 Å². The molecule has 4 rings (SSSR count). The minimum atomic E-state index is -0.358. The Morgan fingerprint density at radius 2 is 2.03 bits per heavy atom. The largest absolute Gasteiger partial charge is 0.451 e. The number of carbonyl (C=O) groups is 1. The molecule has 0 atom stereocenters. The summed E-state index contributed by atoms with van der Waals surface area (Å²) in [5.74, 6) is 0.428. The average molecular weight is 441 g/mol. The monoisotopic (exact) mass is 440 g/mol. The van der Waals surface area contributed by atoms with Gasteiger partial charge in [0, 0.05) is 21.6 Å². The van der Waals surface area contributed by atoms with Crippen LogP contribution in [-0.4, -0.2) is 16.1 Å². The van der Waals surface area contributed by atoms with Crippen LogP contribution >= 0.6 is 34.4 Å². The zero-order valence-electron chi connectivity index (χ0n) is 15.9. The van der Waals surface area contributed by atoms with Gasteiger partial charge in [-0.3, -0.25) is 4.79 Å². The van der Waals surface area contributed by atoms with E-state index in [4.69, 9.17) is 4.42 Å². The third kappa shape index (κ3) is 3.79. The van der Waals surface area contributed by atoms with Crippen LogP contribution in [0.2, 0.25) is 0 Å². The number of hydrogen-bond acceptors (Lipinski definition) is 8. The van der Waals surface area contributed by atoms with Crippen molar-refractivity contribution in [1.29, 1.82) is 5.26 Å². The van der Waals surface area contributed by atoms with E-state index in [2.05, 4.69) is 21.6 Å². The number of thioether (sulfide) groups is 1. The maximum Gasteiger partial charge on any atom is 0.292 e. The van der Waals surface area contributed by atoms with Gasteiger partial charge in [0.1, 0.15) is 21.7 Å². The van der Waals surface area contributed by atoms with Gasteiger partial charge in [-0.1, -0.05) is 41.3 Å². The van der Waals surface area contributed by atoms with Gasteiger partial charge in [0.2, 0.25) is 0 Å². The van der Waals surface area contributed by atoms with Crippen molar-refractivity contribution in [3.63, 3.8) is 0 Å². The highest BCUT2D eigenvalue weighted by atomic mass is 32.2. The Hall–Kier alpha value is -2.67. The van der Waals surface area contributed by atoms with Crippen molar-refractivity contribution >= 4 is 56.3 Å². The Labute approximate surface area is 179 Å². The summed E-state index contributed by atoms with van der Waals surface area (Å²) < 4.78 is 6.74. The average Bonchev–Trinajstić information content (AvgIpc) is 3.36. The van der Waals surface area contributed by atoms with Gasteiger partial charge in [-0.05, 0) is 32.4 Å². The summed E-state index contributed by atoms with van der Waals surface area (Å²) in [6.45, 7) is 5.72. The molecule has 1 N–H and O–H groups in total. The molecule has 146 valence electrons. The minimum Gasteiger partial charge on any atom is -0.451 e. The predicted octanol–water partition coefficient (Wildman–Crippen LogP) is 5.69. The number of furan rings is 1. The van der Waals surface area contributed by atoms with E-state index in [0.29, 0.717) is 21.9 Å². The van der Waals surface area contributed by atoms with E-state index in [-0.39, 0.29) is 11.7 Å². The first-order chi connectivity index (χ1) is 14.0. The number of aromatic nitrogens is 2. The molecule has 3 heterocycles. The maximum atomic E-state index is 13.1. The van der Waals surface area contributed by atoms with E-state index in [1.807, 2.05) is 45.0 Å². The molecule has 0 aliphatic heterocycles. The molecule has 4 aromatic rings. The fourth-order valence-corrected chi connectivity index (χ4v) is 5.75. The zero-order chi connectivity index (χ0) is 20.5. The topological polar surface area (TPSA) is 91.8 Å². The number of amides is 1. The molecule has 0 aliphatic rings. The number of nitrogens with one attached hydrogen (secondary N) is 1. The molecular weight excluding hydrogens is 424 g/mol. The van der Waals surface area contributed by atoms with E-state index in [1.54, 1.807) is 0 Å². The molecule has 0 bridgehead atoms. The molecule has 3 aromatic heterocycles. The summed E-state index contributed by atoms with van der Waals surface area (Å²) in [4.78, 5) is 14.1. The molecule has 9 heteroatoms. The van der Waals surface area contributed by atoms with Gasteiger partial charge in [0.25, 0.3) is 5.91 Å². The quantitative estimate of drug-likeness (QED) is 0.401. The lowest BCUT2D eigenvalue weighted by Crippen LogP contribution is -2.12. The summed E-state index contributed by atoms with van der Waals surface area (Å²) in [5, 5.41) is 22.8. The number of nitrogens with zero attached hydrogens (tertiary/aromatic N) is 3. The Morgan fingerprint density at radius 1 is 1.24 bits per heavy atom. The van der Waals surface area contributed by atoms with Crippen molar-refractivity contribution in [2.24, 2.45) is 0 Å². The Morgan fingerprint density at radius 3 is 2.76 bits per heavy atom. The van der Waals surface area contributed by atoms with Crippen molar-refractivity contribution in [3.8, 4) is 6.07 Å². The zero-order valence-corrected chi connectivity index (χ0v) is 18.3. The van der Waals surface area contributed by atoms with E-state index < -0.39 is 0 Å². The first-order valence-corrected chi connectivity index (χ1v) is 11.3. The Kier molecular flexibility index (Phi) is 5.41. The second kappa shape index (κ2) is 7.99. The van der Waals surface area contributed by atoms with Crippen LogP contribution in [-0.2, 0) is 5.75 Å². The smallest absolute Gasteiger partial charge is 0.292 e. The molecule has 0 saturated carbocycles. The number of anilines is 1. The Bertz CT molecular complexity index is 1260. The molecule has 1 amide bonds. The summed E-state index contributed by atoms with van der Waals surface area (Å²) in [6, 6.07) is 9.76. The van der Waals surface area contributed by atoms with Gasteiger partial charge in [0.05, 0.1) is 5.56 Å². The first-order valence-electron chi connectivity index (χ1n) is 8.72. The lowest BCUT2D eigenvalue weighted by molar-refractivity contribution is 0.0998. The highest BCUT2D eigenvalue weighted by molar-refractivity contribution is 8.00. The summed E-state index contributed by atoms with van der Waals surface area (Å²) in [7, 11) is 0. The molecule has 29 heavy (non-hydrogen) atoms. The van der Waals surface area contributed by atoms with Crippen molar-refractivity contribution in [1.82, 2.24) is 10.2 Å². The van der Waals surface area contributed by atoms with Crippen LogP contribution in [0.3, 0.4) is 0 Å². The lowest BCUT2D eigenvalue weighted by atomic mass is 10.1. The van der Waals surface area contributed by atoms with Crippen LogP contribution in [0.5, 0.6) is 0 Å². The van der Waals surface area contributed by atoms with Crippen molar-refractivity contribution in [3.05, 3.63) is 56.6 Å². The second-order valence-electron chi connectivity index (χ2n) is 6.33. The molecule has 0 saturated heterocycles. The lowest BCUT2D eigenvalue weighted by Gasteiger charge is -2.04. The molecule has 0 unspecified atom stereocenters. The SMILES string of the molecule is Cc1nnc(SCc2c(C(=O)Nc3sc(C)c(C)c3C#N)oc3ccccc23)s1. The van der Waals surface area contributed by atoms with Gasteiger partial charge in [0.15, 0.2) is 10.1 Å². The minimum absolute atomic E-state index is 0.257. The van der Waals surface area contributed by atoms with E-state index in [1.165, 1.54) is 34.4 Å². The number of para-hydroxylation sites is 1. The normalized spacial score (nSPS) is 11.0. The van der Waals surface area contributed by atoms with Gasteiger partial charge in [-0.15, -0.1) is 21.5 Å². The molecule has 0 aliphatic carbocycles. The summed E-state index contributed by atoms with van der Waals surface area (Å²) in [6.07, 6.45) is 0. The number of rotatable bonds is 5. The molecule has 6 nitrogen and oxygen atoms in total. The third-order valence-corrected chi connectivity index (χ3v) is 7.60. The standard InChI is InChI=1S/C20H16N4O2S3/c1-10-11(2)28-19(14(10)8-21)22-18(25)17-15(9-27-20-24-23-12(3)29-20)13-6-4-5-7-16(13)26-17/h4-7H,9H2,1-3H3,(H,22,25). The number of carbonyl (C=O) groups excluding carboxylic acids is 1. The first kappa shape index (κ1) is 19.6. The van der Waals surface area contributed by atoms with Gasteiger partial charge < -0.3 is 9.73 Å². The van der Waals surface area contributed by atoms with Crippen molar-refractivity contribution < 1.29 is 9.21 Å². The van der Waals surface area contributed by atoms with Crippen LogP contribution in [0.4, 0.5) is 5.00 Å². The molecule has 1 aromatic carbocycles. The number of benzene rings is 1. The predicted molar refractivity (Wildman–Crippen MR) is 117 cm³/mol. The second-order valence-corrected chi connectivity index (χ2v) is 9.96. The molecular formula is C20H16N4O2S3. The van der Waals surface area contributed by atoms with Crippen LogP contribution in [0, 0.1) is 32.1 Å². The van der Waals surface area contributed by atoms with Gasteiger partial charge in [-0.25, -0.2) is 0 Å². The van der Waals surface area contributed by atoms with Crippen LogP contribution in [0.15, 0.2) is 33.0 Å². The van der Waals surface area contributed by atoms with Crippen LogP contribution < -0.4 is 5.32 Å². The van der Waals surface area contributed by atoms with Crippen molar-refractivity contribution in [2.45, 2.75) is 30.9 Å². The van der Waals surface area contributed by atoms with Gasteiger partial charge >= 0.3 is 0 Å². The number of fused-ring (bicyclic) bond motifs is 1. The number of aryl methyl sites for hydroxylation is 2. The van der Waals surface area contributed by atoms with E-state index >= 15 is 0 Å². The number of hydrogen-bond donors (Lipinski definition) is 1. The summed E-state index contributed by atoms with van der Waals surface area (Å²) in [5.41, 5.74) is 2.84. The summed E-state index contributed by atoms with van der Waals surface area (Å²) >= 11 is 4.43. The van der Waals surface area contributed by atoms with Gasteiger partial charge in [-0.2, -0.15) is 5.26 Å². The van der Waals surface area contributed by atoms with E-state index in [0.717, 1.165) is 30.7 Å². The number of thiophene rings is 1. The van der Waals surface area contributed by atoms with Crippen LogP contribution in [0.1, 0.15) is 37.1 Å². The molecule has 0 radical (unpaired) electrons. The van der Waals surface area contributed by atoms with Crippen molar-refractivity contribution in [2.75, 3.05) is 5.32 Å². The van der Waals surface area contributed by atoms with E-state index in [9.17, 15) is 10.1 Å². The fraction of sp³-hybridized carbons (Fsp3) is 0.200. The fourth-order valence-electron chi connectivity index (χ4n) is 2.91. The number of nitriles is 1. The molecule has 0 spiro atoms. The maximum absolute atomic E-state index is 13.1. The Balaban J connectivity index is 1.68. The highest BCUT2D eigenvalue weighted by Crippen LogP contribution is 2.35. The molecule has 0 fully saturated rings.